The molecule has 0 amide bonds. The van der Waals surface area contributed by atoms with E-state index in [4.69, 9.17) is 24.4 Å². The van der Waals surface area contributed by atoms with Gasteiger partial charge in [0.15, 0.2) is 0 Å². The van der Waals surface area contributed by atoms with Crippen molar-refractivity contribution in [2.24, 2.45) is 0 Å². The fourth-order valence-electron chi connectivity index (χ4n) is 18.7. The largest absolute Gasteiger partial charge is 0.456 e. The summed E-state index contributed by atoms with van der Waals surface area (Å²) in [6.45, 7) is 4.68. The van der Waals surface area contributed by atoms with Crippen LogP contribution in [-0.2, 0) is 5.41 Å². The SMILES string of the molecule is CC1(C)c2ccccc2-c2cc(-c3ccc4c(c3)c3c5sc6ccccc6c5ccc3n4-c3nc(-c4ccc(-c5ccccc5)cc4)c4ccccc4n3)ccc21.c1ccc2c(-c3ccc(-c4nc(-n5c6ccc(-c7ccc8oc9ccccc9c8c7)cc6c6c7sc8ccccc8c7ccc65)nc5ccccc45)cc3)cccc2c1. The molecule has 24 aromatic rings. The maximum atomic E-state index is 6.20. The van der Waals surface area contributed by atoms with Crippen molar-refractivity contribution in [1.29, 1.82) is 0 Å². The number of fused-ring (bicyclic) bond motifs is 23. The molecule has 0 fully saturated rings. The molecule has 7 nitrogen and oxygen atoms in total. The van der Waals surface area contributed by atoms with E-state index < -0.39 is 0 Å². The van der Waals surface area contributed by atoms with E-state index in [2.05, 4.69) is 375 Å². The van der Waals surface area contributed by atoms with E-state index in [1.807, 2.05) is 34.8 Å². The molecule has 0 saturated heterocycles. The highest BCUT2D eigenvalue weighted by Gasteiger charge is 2.35. The van der Waals surface area contributed by atoms with Crippen LogP contribution in [0.5, 0.6) is 0 Å². The maximum Gasteiger partial charge on any atom is 0.235 e. The molecule has 0 radical (unpaired) electrons. The summed E-state index contributed by atoms with van der Waals surface area (Å²) in [7, 11) is 0. The smallest absolute Gasteiger partial charge is 0.235 e. The van der Waals surface area contributed by atoms with Crippen molar-refractivity contribution >= 4 is 161 Å². The van der Waals surface area contributed by atoms with Gasteiger partial charge in [0.25, 0.3) is 0 Å². The van der Waals surface area contributed by atoms with Crippen LogP contribution >= 0.6 is 22.7 Å². The van der Waals surface area contributed by atoms with E-state index in [9.17, 15) is 0 Å². The highest BCUT2D eigenvalue weighted by atomic mass is 32.1. The molecule has 25 rings (SSSR count). The number of aromatic nitrogens is 6. The number of para-hydroxylation sites is 3. The van der Waals surface area contributed by atoms with Crippen LogP contribution in [0, 0.1) is 0 Å². The standard InChI is InChI=1S/C54H31N3OS.C53H35N3S/c1-2-12-37-32(10-1)11-9-16-38(37)33-20-22-34(23-21-33)52-42-15-3-6-17-45(42)55-54(56-52)57-46-27-24-35(36-25-29-49-43(30-36)39-13-4-7-18-48(39)58-49)31-44(46)51-47(57)28-26-41-40-14-5-8-19-50(40)59-53(41)51;1-53(2)43-17-9-6-14-37(43)41-30-35(24-27-44(41)53)36-25-28-46-42(31-36)49-47(29-26-39-38-15-8-11-19-48(38)57-51(39)49)56(46)52-54-45-18-10-7-16-40(45)50(55-52)34-22-20-33(21-23-34)32-12-4-3-5-13-32/h1-31H;3-31H,1-2H3. The molecule has 542 valence electrons. The molecular formula is C107H66N6OS2. The molecule has 0 bridgehead atoms. The number of rotatable bonds is 8. The maximum absolute atomic E-state index is 6.20. The van der Waals surface area contributed by atoms with Crippen molar-refractivity contribution in [1.82, 2.24) is 29.1 Å². The van der Waals surface area contributed by atoms with Gasteiger partial charge in [0.1, 0.15) is 11.2 Å². The minimum absolute atomic E-state index is 0.0305. The second-order valence-corrected chi connectivity index (χ2v) is 33.2. The molecule has 1 aliphatic rings. The van der Waals surface area contributed by atoms with Gasteiger partial charge >= 0.3 is 0 Å². The molecule has 0 saturated carbocycles. The monoisotopic (exact) mass is 1510 g/mol. The van der Waals surface area contributed by atoms with E-state index in [1.165, 1.54) is 128 Å². The van der Waals surface area contributed by atoms with Gasteiger partial charge in [-0.1, -0.05) is 293 Å². The lowest BCUT2D eigenvalue weighted by Crippen LogP contribution is -2.14. The van der Waals surface area contributed by atoms with Crippen molar-refractivity contribution in [3.05, 3.63) is 375 Å². The van der Waals surface area contributed by atoms with Crippen LogP contribution in [0.1, 0.15) is 25.0 Å². The summed E-state index contributed by atoms with van der Waals surface area (Å²) in [6, 6.07) is 131. The lowest BCUT2D eigenvalue weighted by atomic mass is 9.82. The molecule has 7 heterocycles. The summed E-state index contributed by atoms with van der Waals surface area (Å²) in [5.41, 5.74) is 26.8. The molecule has 17 aromatic carbocycles. The average molecular weight is 1520 g/mol. The predicted octanol–water partition coefficient (Wildman–Crippen LogP) is 29.6. The van der Waals surface area contributed by atoms with Crippen molar-refractivity contribution in [3.8, 4) is 90.0 Å². The fraction of sp³-hybridized carbons (Fsp3) is 0.0280. The Labute approximate surface area is 674 Å². The zero-order chi connectivity index (χ0) is 76.4. The highest BCUT2D eigenvalue weighted by molar-refractivity contribution is 7.27. The Morgan fingerprint density at radius 1 is 0.259 bits per heavy atom. The molecule has 1 aliphatic carbocycles. The van der Waals surface area contributed by atoms with Gasteiger partial charge in [-0.05, 0) is 162 Å². The molecule has 9 heteroatoms. The van der Waals surface area contributed by atoms with Gasteiger partial charge in [-0.2, -0.15) is 0 Å². The third kappa shape index (κ3) is 10.3. The molecule has 0 atom stereocenters. The highest BCUT2D eigenvalue weighted by Crippen LogP contribution is 2.52. The Morgan fingerprint density at radius 3 is 1.30 bits per heavy atom. The summed E-state index contributed by atoms with van der Waals surface area (Å²) >= 11 is 3.73. The Morgan fingerprint density at radius 2 is 0.681 bits per heavy atom. The number of hydrogen-bond donors (Lipinski definition) is 0. The minimum atomic E-state index is -0.0305. The first kappa shape index (κ1) is 66.2. The minimum Gasteiger partial charge on any atom is -0.456 e. The second kappa shape index (κ2) is 25.8. The Kier molecular flexibility index (Phi) is 14.7. The first-order valence-corrected chi connectivity index (χ1v) is 41.1. The van der Waals surface area contributed by atoms with E-state index in [-0.39, 0.29) is 5.41 Å². The zero-order valence-electron chi connectivity index (χ0n) is 63.0. The van der Waals surface area contributed by atoms with Gasteiger partial charge in [-0.3, -0.25) is 9.13 Å². The molecule has 7 aromatic heterocycles. The van der Waals surface area contributed by atoms with Crippen molar-refractivity contribution in [3.63, 3.8) is 0 Å². The summed E-state index contributed by atoms with van der Waals surface area (Å²) in [4.78, 5) is 21.5. The summed E-state index contributed by atoms with van der Waals surface area (Å²) in [6.07, 6.45) is 0. The Hall–Kier alpha value is -14.5. The predicted molar refractivity (Wildman–Crippen MR) is 488 cm³/mol. The summed E-state index contributed by atoms with van der Waals surface area (Å²) in [5.74, 6) is 1.32. The topological polar surface area (TPSA) is 74.6 Å². The van der Waals surface area contributed by atoms with Gasteiger partial charge in [-0.25, -0.2) is 19.9 Å². The lowest BCUT2D eigenvalue weighted by molar-refractivity contribution is 0.660. The van der Waals surface area contributed by atoms with Crippen LogP contribution in [0.4, 0.5) is 0 Å². The van der Waals surface area contributed by atoms with E-state index in [0.29, 0.717) is 11.9 Å². The van der Waals surface area contributed by atoms with E-state index in [0.717, 1.165) is 99.5 Å². The van der Waals surface area contributed by atoms with Gasteiger partial charge in [0, 0.05) is 100.0 Å². The molecule has 0 unspecified atom stereocenters. The Bertz CT molecular complexity index is 8240. The van der Waals surface area contributed by atoms with Crippen LogP contribution in [0.25, 0.3) is 229 Å². The van der Waals surface area contributed by atoms with Gasteiger partial charge in [0.2, 0.25) is 11.9 Å². The number of furan rings is 1. The first-order valence-electron chi connectivity index (χ1n) is 39.5. The normalized spacial score (nSPS) is 12.6. The number of hydrogen-bond acceptors (Lipinski definition) is 7. The third-order valence-corrected chi connectivity index (χ3v) is 26.7. The average Bonchev–Trinajstić information content (AvgIpc) is 1.56. The van der Waals surface area contributed by atoms with Crippen LogP contribution in [0.15, 0.2) is 368 Å². The third-order valence-electron chi connectivity index (χ3n) is 24.3. The molecular weight excluding hydrogens is 1450 g/mol. The number of thiophene rings is 2. The second-order valence-electron chi connectivity index (χ2n) is 31.1. The number of benzene rings is 17. The van der Waals surface area contributed by atoms with Crippen LogP contribution < -0.4 is 0 Å². The Balaban J connectivity index is 0.000000133. The summed E-state index contributed by atoms with van der Waals surface area (Å²) in [5, 5.41) is 16.7. The van der Waals surface area contributed by atoms with Crippen molar-refractivity contribution in [2.75, 3.05) is 0 Å². The van der Waals surface area contributed by atoms with Crippen LogP contribution in [0.3, 0.4) is 0 Å². The first-order chi connectivity index (χ1) is 57.2. The van der Waals surface area contributed by atoms with E-state index in [1.54, 1.807) is 0 Å². The zero-order valence-corrected chi connectivity index (χ0v) is 64.7. The van der Waals surface area contributed by atoms with Gasteiger partial charge < -0.3 is 4.42 Å². The van der Waals surface area contributed by atoms with Crippen molar-refractivity contribution in [2.45, 2.75) is 19.3 Å². The molecule has 116 heavy (non-hydrogen) atoms. The molecule has 0 aliphatic heterocycles. The van der Waals surface area contributed by atoms with Crippen LogP contribution in [-0.4, -0.2) is 29.1 Å². The quantitative estimate of drug-likeness (QED) is 0.152. The van der Waals surface area contributed by atoms with Crippen molar-refractivity contribution < 1.29 is 4.42 Å². The van der Waals surface area contributed by atoms with E-state index >= 15 is 0 Å². The summed E-state index contributed by atoms with van der Waals surface area (Å²) < 4.78 is 15.9. The number of nitrogens with zero attached hydrogens (tertiary/aromatic N) is 6. The molecule has 0 N–H and O–H groups in total. The van der Waals surface area contributed by atoms with Crippen LogP contribution in [0.2, 0.25) is 0 Å². The van der Waals surface area contributed by atoms with Gasteiger partial charge in [0.05, 0.1) is 44.5 Å². The fourth-order valence-corrected chi connectivity index (χ4v) is 21.2. The van der Waals surface area contributed by atoms with Gasteiger partial charge in [-0.15, -0.1) is 22.7 Å². The lowest BCUT2D eigenvalue weighted by Gasteiger charge is -2.21. The molecule has 0 spiro atoms.